The van der Waals surface area contributed by atoms with E-state index < -0.39 is 0 Å². The standard InChI is InChI=1S/C15H24N2O3/c1-5-19-12(15(2,3)4)13-16-14(20-17-13)10-8-6-7-9-11(10)18/h10,12H,5-9H2,1-4H3. The van der Waals surface area contributed by atoms with Gasteiger partial charge in [-0.25, -0.2) is 0 Å². The van der Waals surface area contributed by atoms with Crippen molar-refractivity contribution in [2.45, 2.75) is 65.4 Å². The van der Waals surface area contributed by atoms with E-state index in [1.165, 1.54) is 0 Å². The van der Waals surface area contributed by atoms with Crippen LogP contribution in [-0.2, 0) is 9.53 Å². The fourth-order valence-electron chi connectivity index (χ4n) is 2.62. The summed E-state index contributed by atoms with van der Waals surface area (Å²) in [5.74, 6) is 1.01. The first kappa shape index (κ1) is 15.2. The van der Waals surface area contributed by atoms with Crippen molar-refractivity contribution in [2.75, 3.05) is 6.61 Å². The van der Waals surface area contributed by atoms with Crippen molar-refractivity contribution in [1.82, 2.24) is 10.1 Å². The molecule has 0 N–H and O–H groups in total. The molecule has 1 aliphatic rings. The van der Waals surface area contributed by atoms with E-state index in [1.807, 2.05) is 6.92 Å². The van der Waals surface area contributed by atoms with Gasteiger partial charge in [0.25, 0.3) is 0 Å². The minimum Gasteiger partial charge on any atom is -0.370 e. The maximum Gasteiger partial charge on any atom is 0.237 e. The Morgan fingerprint density at radius 2 is 2.15 bits per heavy atom. The van der Waals surface area contributed by atoms with Gasteiger partial charge in [-0.05, 0) is 25.2 Å². The zero-order valence-corrected chi connectivity index (χ0v) is 12.8. The number of aromatic nitrogens is 2. The number of hydrogen-bond donors (Lipinski definition) is 0. The van der Waals surface area contributed by atoms with Gasteiger partial charge in [-0.2, -0.15) is 4.98 Å². The predicted octanol–water partition coefficient (Wildman–Crippen LogP) is 3.42. The van der Waals surface area contributed by atoms with Gasteiger partial charge in [-0.1, -0.05) is 32.3 Å². The molecule has 1 aromatic rings. The summed E-state index contributed by atoms with van der Waals surface area (Å²) in [6.45, 7) is 8.78. The van der Waals surface area contributed by atoms with E-state index in [0.29, 0.717) is 24.7 Å². The number of hydrogen-bond acceptors (Lipinski definition) is 5. The highest BCUT2D eigenvalue weighted by molar-refractivity contribution is 5.85. The molecule has 0 saturated heterocycles. The monoisotopic (exact) mass is 280 g/mol. The Hall–Kier alpha value is -1.23. The van der Waals surface area contributed by atoms with Crippen LogP contribution in [0.1, 0.15) is 77.1 Å². The highest BCUT2D eigenvalue weighted by Crippen LogP contribution is 2.36. The van der Waals surface area contributed by atoms with Gasteiger partial charge >= 0.3 is 0 Å². The summed E-state index contributed by atoms with van der Waals surface area (Å²) in [4.78, 5) is 16.4. The molecule has 1 aromatic heterocycles. The first-order valence-corrected chi connectivity index (χ1v) is 7.41. The molecular formula is C15H24N2O3. The molecule has 112 valence electrons. The molecule has 1 fully saturated rings. The summed E-state index contributed by atoms with van der Waals surface area (Å²) in [6, 6.07) is 0. The number of carbonyl (C=O) groups is 1. The van der Waals surface area contributed by atoms with Crippen LogP contribution in [0.5, 0.6) is 0 Å². The van der Waals surface area contributed by atoms with Crippen molar-refractivity contribution < 1.29 is 14.1 Å². The Bertz CT molecular complexity index is 462. The topological polar surface area (TPSA) is 65.2 Å². The van der Waals surface area contributed by atoms with Gasteiger partial charge < -0.3 is 9.26 Å². The van der Waals surface area contributed by atoms with Crippen molar-refractivity contribution in [3.63, 3.8) is 0 Å². The molecule has 0 bridgehead atoms. The summed E-state index contributed by atoms with van der Waals surface area (Å²) in [6.07, 6.45) is 3.23. The molecule has 2 atom stereocenters. The lowest BCUT2D eigenvalue weighted by Crippen LogP contribution is -2.23. The van der Waals surface area contributed by atoms with E-state index in [9.17, 15) is 4.79 Å². The first-order valence-electron chi connectivity index (χ1n) is 7.41. The molecule has 1 saturated carbocycles. The number of ketones is 1. The average Bonchev–Trinajstić information content (AvgIpc) is 2.84. The number of carbonyl (C=O) groups excluding carboxylic acids is 1. The van der Waals surface area contributed by atoms with Gasteiger partial charge in [-0.15, -0.1) is 0 Å². The second-order valence-electron chi connectivity index (χ2n) is 6.46. The molecule has 0 aliphatic heterocycles. The van der Waals surface area contributed by atoms with Gasteiger partial charge in [0.2, 0.25) is 11.7 Å². The minimum atomic E-state index is -0.219. The van der Waals surface area contributed by atoms with Crippen molar-refractivity contribution in [2.24, 2.45) is 5.41 Å². The summed E-state index contributed by atoms with van der Waals surface area (Å²) in [7, 11) is 0. The molecular weight excluding hydrogens is 256 g/mol. The lowest BCUT2D eigenvalue weighted by molar-refractivity contribution is -0.122. The SMILES string of the molecule is CCOC(c1noc(C2CCCCC2=O)n1)C(C)(C)C. The molecule has 0 radical (unpaired) electrons. The Balaban J connectivity index is 2.20. The Kier molecular flexibility index (Phi) is 4.58. The molecule has 2 rings (SSSR count). The molecule has 0 aromatic carbocycles. The van der Waals surface area contributed by atoms with Crippen LogP contribution in [0.3, 0.4) is 0 Å². The van der Waals surface area contributed by atoms with E-state index in [2.05, 4.69) is 30.9 Å². The third-order valence-electron chi connectivity index (χ3n) is 3.66. The van der Waals surface area contributed by atoms with Crippen molar-refractivity contribution in [3.05, 3.63) is 11.7 Å². The maximum atomic E-state index is 11.9. The summed E-state index contributed by atoms with van der Waals surface area (Å²) in [5.41, 5.74) is -0.117. The summed E-state index contributed by atoms with van der Waals surface area (Å²) < 4.78 is 11.1. The molecule has 1 aliphatic carbocycles. The van der Waals surface area contributed by atoms with Gasteiger partial charge in [0.05, 0.1) is 5.92 Å². The molecule has 0 spiro atoms. The molecule has 2 unspecified atom stereocenters. The van der Waals surface area contributed by atoms with E-state index >= 15 is 0 Å². The van der Waals surface area contributed by atoms with Crippen molar-refractivity contribution in [3.8, 4) is 0 Å². The number of nitrogens with zero attached hydrogens (tertiary/aromatic N) is 2. The number of ether oxygens (including phenoxy) is 1. The minimum absolute atomic E-state index is 0.117. The fourth-order valence-corrected chi connectivity index (χ4v) is 2.62. The van der Waals surface area contributed by atoms with E-state index in [-0.39, 0.29) is 23.2 Å². The van der Waals surface area contributed by atoms with Gasteiger partial charge in [0, 0.05) is 13.0 Å². The van der Waals surface area contributed by atoms with Crippen LogP contribution in [0.2, 0.25) is 0 Å². The van der Waals surface area contributed by atoms with Crippen LogP contribution in [0, 0.1) is 5.41 Å². The van der Waals surface area contributed by atoms with Crippen LogP contribution < -0.4 is 0 Å². The third-order valence-corrected chi connectivity index (χ3v) is 3.66. The van der Waals surface area contributed by atoms with Gasteiger partial charge in [0.15, 0.2) is 0 Å². The Labute approximate surface area is 120 Å². The van der Waals surface area contributed by atoms with Crippen LogP contribution in [0.25, 0.3) is 0 Å². The molecule has 5 nitrogen and oxygen atoms in total. The van der Waals surface area contributed by atoms with Gasteiger partial charge in [0.1, 0.15) is 11.9 Å². The smallest absolute Gasteiger partial charge is 0.237 e. The lowest BCUT2D eigenvalue weighted by atomic mass is 9.87. The van der Waals surface area contributed by atoms with Crippen LogP contribution in [0.15, 0.2) is 4.52 Å². The second kappa shape index (κ2) is 6.04. The predicted molar refractivity (Wildman–Crippen MR) is 74.3 cm³/mol. The highest BCUT2D eigenvalue weighted by atomic mass is 16.5. The molecule has 1 heterocycles. The van der Waals surface area contributed by atoms with Crippen molar-refractivity contribution >= 4 is 5.78 Å². The average molecular weight is 280 g/mol. The molecule has 5 heteroatoms. The van der Waals surface area contributed by atoms with E-state index in [1.54, 1.807) is 0 Å². The first-order chi connectivity index (χ1) is 9.43. The van der Waals surface area contributed by atoms with E-state index in [0.717, 1.165) is 19.3 Å². The fraction of sp³-hybridized carbons (Fsp3) is 0.800. The molecule has 20 heavy (non-hydrogen) atoms. The molecule has 0 amide bonds. The Morgan fingerprint density at radius 1 is 1.40 bits per heavy atom. The van der Waals surface area contributed by atoms with Crippen LogP contribution in [-0.4, -0.2) is 22.5 Å². The third kappa shape index (κ3) is 3.26. The number of Topliss-reactive ketones (excluding diaryl/α,β-unsaturated/α-hetero) is 1. The maximum absolute atomic E-state index is 11.9. The zero-order valence-electron chi connectivity index (χ0n) is 12.8. The van der Waals surface area contributed by atoms with Gasteiger partial charge in [-0.3, -0.25) is 4.79 Å². The summed E-state index contributed by atoms with van der Waals surface area (Å²) in [5, 5.41) is 4.05. The Morgan fingerprint density at radius 3 is 2.75 bits per heavy atom. The van der Waals surface area contributed by atoms with Crippen LogP contribution >= 0.6 is 0 Å². The lowest BCUT2D eigenvalue weighted by Gasteiger charge is -2.27. The van der Waals surface area contributed by atoms with Crippen LogP contribution in [0.4, 0.5) is 0 Å². The normalized spacial score (nSPS) is 22.0. The quantitative estimate of drug-likeness (QED) is 0.845. The van der Waals surface area contributed by atoms with E-state index in [4.69, 9.17) is 9.26 Å². The zero-order chi connectivity index (χ0) is 14.8. The highest BCUT2D eigenvalue weighted by Gasteiger charge is 2.34. The summed E-state index contributed by atoms with van der Waals surface area (Å²) >= 11 is 0. The largest absolute Gasteiger partial charge is 0.370 e. The van der Waals surface area contributed by atoms with Crippen molar-refractivity contribution in [1.29, 1.82) is 0 Å². The number of rotatable bonds is 4. The second-order valence-corrected chi connectivity index (χ2v) is 6.46.